The summed E-state index contributed by atoms with van der Waals surface area (Å²) in [6, 6.07) is 9.90. The van der Waals surface area contributed by atoms with E-state index in [1.807, 2.05) is 37.3 Å². The molecule has 0 unspecified atom stereocenters. The van der Waals surface area contributed by atoms with Crippen molar-refractivity contribution in [2.24, 2.45) is 23.2 Å². The largest absolute Gasteiger partial charge is 0.457 e. The van der Waals surface area contributed by atoms with Crippen LogP contribution in [0.5, 0.6) is 0 Å². The third-order valence-corrected chi connectivity index (χ3v) is 8.25. The van der Waals surface area contributed by atoms with Crippen molar-refractivity contribution in [2.45, 2.75) is 58.4 Å². The van der Waals surface area contributed by atoms with Crippen molar-refractivity contribution in [3.8, 4) is 11.3 Å². The number of hydrogen-bond acceptors (Lipinski definition) is 2. The SMILES string of the molecule is Cc1ccc(-c2ccc(/C=C/C(=O)N[C@H](C)C34CC5CC(CC(C5)C3)C4)o2)cc1Cl. The molecule has 1 aromatic carbocycles. The maximum absolute atomic E-state index is 12.6. The molecule has 4 saturated carbocycles. The predicted octanol–water partition coefficient (Wildman–Crippen LogP) is 6.64. The van der Waals surface area contributed by atoms with E-state index in [2.05, 4.69) is 12.2 Å². The summed E-state index contributed by atoms with van der Waals surface area (Å²) in [5.41, 5.74) is 2.29. The first-order valence-corrected chi connectivity index (χ1v) is 11.6. The van der Waals surface area contributed by atoms with Gasteiger partial charge < -0.3 is 9.73 Å². The number of rotatable bonds is 5. The van der Waals surface area contributed by atoms with Gasteiger partial charge in [-0.1, -0.05) is 23.7 Å². The third-order valence-electron chi connectivity index (χ3n) is 7.85. The fraction of sp³-hybridized carbons (Fsp3) is 0.500. The normalized spacial score (nSPS) is 30.7. The third kappa shape index (κ3) is 3.73. The van der Waals surface area contributed by atoms with Crippen LogP contribution in [0.4, 0.5) is 0 Å². The summed E-state index contributed by atoms with van der Waals surface area (Å²) < 4.78 is 5.89. The Balaban J connectivity index is 1.23. The summed E-state index contributed by atoms with van der Waals surface area (Å²) >= 11 is 6.23. The van der Waals surface area contributed by atoms with Crippen molar-refractivity contribution >= 4 is 23.6 Å². The van der Waals surface area contributed by atoms with E-state index in [9.17, 15) is 4.79 Å². The number of furan rings is 1. The Bertz CT molecular complexity index is 953. The maximum atomic E-state index is 12.6. The Morgan fingerprint density at radius 1 is 1.13 bits per heavy atom. The number of carbonyl (C=O) groups excluding carboxylic acids is 1. The zero-order valence-electron chi connectivity index (χ0n) is 17.8. The van der Waals surface area contributed by atoms with Crippen LogP contribution in [-0.2, 0) is 4.79 Å². The average molecular weight is 424 g/mol. The van der Waals surface area contributed by atoms with Crippen LogP contribution in [0.1, 0.15) is 56.8 Å². The molecule has 1 amide bonds. The van der Waals surface area contributed by atoms with Gasteiger partial charge in [-0.05, 0) is 105 Å². The molecule has 0 spiro atoms. The van der Waals surface area contributed by atoms with Crippen LogP contribution in [0.3, 0.4) is 0 Å². The number of hydrogen-bond donors (Lipinski definition) is 1. The second-order valence-corrected chi connectivity index (χ2v) is 10.4. The Labute approximate surface area is 183 Å². The van der Waals surface area contributed by atoms with Gasteiger partial charge in [-0.25, -0.2) is 0 Å². The second-order valence-electron chi connectivity index (χ2n) is 10.0. The first kappa shape index (κ1) is 19.9. The van der Waals surface area contributed by atoms with Crippen molar-refractivity contribution in [3.05, 3.63) is 52.8 Å². The second kappa shape index (κ2) is 7.60. The zero-order chi connectivity index (χ0) is 20.9. The fourth-order valence-electron chi connectivity index (χ4n) is 6.62. The van der Waals surface area contributed by atoms with E-state index < -0.39 is 0 Å². The number of aryl methyl sites for hydroxylation is 1. The van der Waals surface area contributed by atoms with Gasteiger partial charge >= 0.3 is 0 Å². The van der Waals surface area contributed by atoms with Gasteiger partial charge in [0.15, 0.2) is 0 Å². The molecular weight excluding hydrogens is 394 g/mol. The molecule has 4 aliphatic rings. The zero-order valence-corrected chi connectivity index (χ0v) is 18.5. The van der Waals surface area contributed by atoms with E-state index in [-0.39, 0.29) is 11.9 Å². The number of benzene rings is 1. The van der Waals surface area contributed by atoms with Crippen LogP contribution >= 0.6 is 11.6 Å². The summed E-state index contributed by atoms with van der Waals surface area (Å²) in [4.78, 5) is 12.6. The smallest absolute Gasteiger partial charge is 0.244 e. The lowest BCUT2D eigenvalue weighted by Crippen LogP contribution is -2.55. The van der Waals surface area contributed by atoms with Crippen LogP contribution < -0.4 is 5.32 Å². The molecule has 4 aliphatic carbocycles. The van der Waals surface area contributed by atoms with Crippen LogP contribution in [0.15, 0.2) is 40.8 Å². The fourth-order valence-corrected chi connectivity index (χ4v) is 6.80. The van der Waals surface area contributed by atoms with Crippen LogP contribution in [0.25, 0.3) is 17.4 Å². The van der Waals surface area contributed by atoms with Crippen molar-refractivity contribution < 1.29 is 9.21 Å². The van der Waals surface area contributed by atoms with Gasteiger partial charge in [0.1, 0.15) is 11.5 Å². The van der Waals surface area contributed by atoms with Gasteiger partial charge in [-0.15, -0.1) is 0 Å². The minimum Gasteiger partial charge on any atom is -0.457 e. The van der Waals surface area contributed by atoms with E-state index >= 15 is 0 Å². The van der Waals surface area contributed by atoms with E-state index in [4.69, 9.17) is 16.0 Å². The highest BCUT2D eigenvalue weighted by Gasteiger charge is 2.53. The monoisotopic (exact) mass is 423 g/mol. The van der Waals surface area contributed by atoms with E-state index in [0.717, 1.165) is 39.7 Å². The van der Waals surface area contributed by atoms with Crippen molar-refractivity contribution in [2.75, 3.05) is 0 Å². The molecule has 6 rings (SSSR count). The first-order chi connectivity index (χ1) is 14.4. The molecule has 0 radical (unpaired) electrons. The molecule has 1 heterocycles. The molecule has 3 nitrogen and oxygen atoms in total. The van der Waals surface area contributed by atoms with E-state index in [1.54, 1.807) is 12.2 Å². The molecule has 1 N–H and O–H groups in total. The summed E-state index contributed by atoms with van der Waals surface area (Å²) in [6.07, 6.45) is 11.5. The Kier molecular flexibility index (Phi) is 5.05. The van der Waals surface area contributed by atoms with Crippen LogP contribution in [-0.4, -0.2) is 11.9 Å². The summed E-state index contributed by atoms with van der Waals surface area (Å²) in [5.74, 6) is 4.06. The lowest BCUT2D eigenvalue weighted by Gasteiger charge is -2.59. The number of halogens is 1. The lowest BCUT2D eigenvalue weighted by atomic mass is 9.48. The molecular formula is C26H30ClNO2. The summed E-state index contributed by atoms with van der Waals surface area (Å²) in [5, 5.41) is 4.00. The predicted molar refractivity (Wildman–Crippen MR) is 121 cm³/mol. The highest BCUT2D eigenvalue weighted by molar-refractivity contribution is 6.31. The Morgan fingerprint density at radius 2 is 1.80 bits per heavy atom. The molecule has 0 aliphatic heterocycles. The summed E-state index contributed by atoms with van der Waals surface area (Å²) in [6.45, 7) is 4.19. The average Bonchev–Trinajstić information content (AvgIpc) is 3.16. The van der Waals surface area contributed by atoms with Crippen molar-refractivity contribution in [3.63, 3.8) is 0 Å². The van der Waals surface area contributed by atoms with Gasteiger partial charge in [-0.2, -0.15) is 0 Å². The standard InChI is InChI=1S/C26H30ClNO2/c1-16-3-4-21(12-23(16)27)24-7-5-22(30-24)6-8-25(29)28-17(2)26-13-18-9-19(14-26)11-20(10-18)15-26/h3-8,12,17-20H,9-11,13-15H2,1-2H3,(H,28,29)/b8-6+/t17-,18?,19?,20?,26?/m1/s1. The topological polar surface area (TPSA) is 42.2 Å². The molecule has 2 aromatic rings. The van der Waals surface area contributed by atoms with Gasteiger partial charge in [0.25, 0.3) is 0 Å². The van der Waals surface area contributed by atoms with Crippen molar-refractivity contribution in [1.82, 2.24) is 5.32 Å². The van der Waals surface area contributed by atoms with Crippen LogP contribution in [0, 0.1) is 30.1 Å². The van der Waals surface area contributed by atoms with Crippen molar-refractivity contribution in [1.29, 1.82) is 0 Å². The van der Waals surface area contributed by atoms with Gasteiger partial charge in [0.2, 0.25) is 5.91 Å². The maximum Gasteiger partial charge on any atom is 0.244 e. The number of carbonyl (C=O) groups is 1. The van der Waals surface area contributed by atoms with Gasteiger partial charge in [0.05, 0.1) is 0 Å². The quantitative estimate of drug-likeness (QED) is 0.547. The minimum atomic E-state index is -0.0328. The molecule has 4 bridgehead atoms. The molecule has 4 heteroatoms. The first-order valence-electron chi connectivity index (χ1n) is 11.3. The Hall–Kier alpha value is -2.00. The van der Waals surface area contributed by atoms with E-state index in [1.165, 1.54) is 38.5 Å². The molecule has 4 fully saturated rings. The highest BCUT2D eigenvalue weighted by Crippen LogP contribution is 2.61. The minimum absolute atomic E-state index is 0.0328. The lowest BCUT2D eigenvalue weighted by molar-refractivity contribution is -0.121. The van der Waals surface area contributed by atoms with Gasteiger partial charge in [0, 0.05) is 22.7 Å². The molecule has 158 valence electrons. The molecule has 30 heavy (non-hydrogen) atoms. The Morgan fingerprint density at radius 3 is 2.43 bits per heavy atom. The number of nitrogens with one attached hydrogen (secondary N) is 1. The van der Waals surface area contributed by atoms with E-state index in [0.29, 0.717) is 11.2 Å². The summed E-state index contributed by atoms with van der Waals surface area (Å²) in [7, 11) is 0. The van der Waals surface area contributed by atoms with Gasteiger partial charge in [-0.3, -0.25) is 4.79 Å². The molecule has 0 saturated heterocycles. The van der Waals surface area contributed by atoms with Crippen LogP contribution in [0.2, 0.25) is 5.02 Å². The molecule has 1 atom stereocenters. The number of amides is 1. The molecule has 1 aromatic heterocycles. The highest BCUT2D eigenvalue weighted by atomic mass is 35.5.